The van der Waals surface area contributed by atoms with Gasteiger partial charge in [-0.1, -0.05) is 23.7 Å². The van der Waals surface area contributed by atoms with Crippen LogP contribution in [-0.2, 0) is 11.0 Å². The van der Waals surface area contributed by atoms with Crippen LogP contribution in [0.15, 0.2) is 36.4 Å². The summed E-state index contributed by atoms with van der Waals surface area (Å²) in [6.07, 6.45) is -4.31. The van der Waals surface area contributed by atoms with E-state index in [9.17, 15) is 18.0 Å². The maximum Gasteiger partial charge on any atom is 0.416 e. The number of alkyl halides is 3. The summed E-state index contributed by atoms with van der Waals surface area (Å²) in [5, 5.41) is 15.2. The number of rotatable bonds is 2. The number of amides is 1. The smallest absolute Gasteiger partial charge is 0.310 e. The third kappa shape index (κ3) is 3.22. The topological polar surface area (TPSA) is 72.7 Å². The van der Waals surface area contributed by atoms with Gasteiger partial charge in [-0.25, -0.2) is 0 Å². The highest BCUT2D eigenvalue weighted by Gasteiger charge is 2.34. The number of hydrogen-bond donors (Lipinski definition) is 1. The lowest BCUT2D eigenvalue weighted by Gasteiger charge is -2.24. The van der Waals surface area contributed by atoms with Gasteiger partial charge in [0.25, 0.3) is 0 Å². The number of carbonyl (C=O) groups is 1. The fourth-order valence-corrected chi connectivity index (χ4v) is 3.42. The Kier molecular flexibility index (Phi) is 4.34. The Labute approximate surface area is 162 Å². The number of hydrogen-bond acceptors (Lipinski definition) is 4. The molecule has 3 heterocycles. The van der Waals surface area contributed by atoms with Gasteiger partial charge in [-0.15, -0.1) is 10.2 Å². The number of aromatic nitrogens is 4. The fourth-order valence-electron chi connectivity index (χ4n) is 3.32. The zero-order chi connectivity index (χ0) is 20.1. The van der Waals surface area contributed by atoms with Crippen molar-refractivity contribution in [1.29, 1.82) is 0 Å². The molecular formula is C18H13ClF3N5O. The summed E-state index contributed by atoms with van der Waals surface area (Å²) in [6.45, 7) is 1.77. The summed E-state index contributed by atoms with van der Waals surface area (Å²) in [5.74, 6) is 0.109. The van der Waals surface area contributed by atoms with Gasteiger partial charge >= 0.3 is 6.18 Å². The number of nitrogens with zero attached hydrogens (tertiary/aromatic N) is 4. The van der Waals surface area contributed by atoms with Crippen LogP contribution >= 0.6 is 11.6 Å². The van der Waals surface area contributed by atoms with Crippen molar-refractivity contribution in [3.8, 4) is 5.82 Å². The van der Waals surface area contributed by atoms with Crippen LogP contribution in [0.1, 0.15) is 34.7 Å². The third-order valence-corrected chi connectivity index (χ3v) is 4.78. The quantitative estimate of drug-likeness (QED) is 0.693. The van der Waals surface area contributed by atoms with Gasteiger partial charge in [-0.2, -0.15) is 23.0 Å². The monoisotopic (exact) mass is 407 g/mol. The van der Waals surface area contributed by atoms with Gasteiger partial charge in [0, 0.05) is 17.9 Å². The van der Waals surface area contributed by atoms with E-state index in [0.717, 1.165) is 17.7 Å². The zero-order valence-electron chi connectivity index (χ0n) is 14.5. The van der Waals surface area contributed by atoms with Crippen LogP contribution < -0.4 is 5.32 Å². The largest absolute Gasteiger partial charge is 0.416 e. The molecule has 1 amide bonds. The van der Waals surface area contributed by atoms with Crippen LogP contribution in [0.2, 0.25) is 5.15 Å². The second-order valence-electron chi connectivity index (χ2n) is 6.40. The Bertz CT molecular complexity index is 1040. The van der Waals surface area contributed by atoms with Crippen LogP contribution in [0.3, 0.4) is 0 Å². The van der Waals surface area contributed by atoms with E-state index >= 15 is 0 Å². The average molecular weight is 408 g/mol. The molecule has 1 atom stereocenters. The lowest BCUT2D eigenvalue weighted by molar-refractivity contribution is -0.137. The van der Waals surface area contributed by atoms with Crippen molar-refractivity contribution >= 4 is 23.3 Å². The molecule has 3 aromatic rings. The van der Waals surface area contributed by atoms with Crippen LogP contribution in [0.25, 0.3) is 5.82 Å². The highest BCUT2D eigenvalue weighted by atomic mass is 35.5. The van der Waals surface area contributed by atoms with Gasteiger partial charge in [0.2, 0.25) is 5.91 Å². The molecule has 0 radical (unpaired) electrons. The highest BCUT2D eigenvalue weighted by molar-refractivity contribution is 6.29. The number of fused-ring (bicyclic) bond motifs is 1. The molecule has 144 valence electrons. The van der Waals surface area contributed by atoms with E-state index in [1.54, 1.807) is 19.1 Å². The van der Waals surface area contributed by atoms with Crippen LogP contribution in [0.5, 0.6) is 0 Å². The van der Waals surface area contributed by atoms with E-state index in [0.29, 0.717) is 22.9 Å². The van der Waals surface area contributed by atoms with Gasteiger partial charge < -0.3 is 5.32 Å². The molecule has 0 unspecified atom stereocenters. The second kappa shape index (κ2) is 6.59. The molecule has 1 aromatic carbocycles. The molecule has 1 N–H and O–H groups in total. The van der Waals surface area contributed by atoms with Crippen molar-refractivity contribution < 1.29 is 18.0 Å². The van der Waals surface area contributed by atoms with Gasteiger partial charge in [0.05, 0.1) is 11.3 Å². The number of carbonyl (C=O) groups excluding carboxylic acids is 1. The zero-order valence-corrected chi connectivity index (χ0v) is 15.2. The van der Waals surface area contributed by atoms with Crippen molar-refractivity contribution in [3.63, 3.8) is 0 Å². The molecular weight excluding hydrogens is 395 g/mol. The van der Waals surface area contributed by atoms with Gasteiger partial charge in [-0.05, 0) is 36.8 Å². The molecule has 1 aliphatic rings. The molecule has 0 aliphatic carbocycles. The molecule has 2 aromatic heterocycles. The van der Waals surface area contributed by atoms with E-state index < -0.39 is 17.7 Å². The molecule has 28 heavy (non-hydrogen) atoms. The van der Waals surface area contributed by atoms with E-state index in [-0.39, 0.29) is 17.5 Å². The number of halogens is 4. The fraction of sp³-hybridized carbons (Fsp3) is 0.222. The first-order valence-electron chi connectivity index (χ1n) is 8.30. The predicted octanol–water partition coefficient (Wildman–Crippen LogP) is 4.12. The normalized spacial score (nSPS) is 16.6. The Balaban J connectivity index is 1.79. The molecule has 10 heteroatoms. The Hall–Kier alpha value is -2.94. The Morgan fingerprint density at radius 1 is 1.14 bits per heavy atom. The summed E-state index contributed by atoms with van der Waals surface area (Å²) < 4.78 is 40.0. The van der Waals surface area contributed by atoms with Crippen molar-refractivity contribution in [2.45, 2.75) is 25.4 Å². The Morgan fingerprint density at radius 2 is 1.86 bits per heavy atom. The number of aryl methyl sites for hydroxylation is 1. The molecule has 1 aliphatic heterocycles. The lowest BCUT2D eigenvalue weighted by atomic mass is 9.85. The molecule has 0 fully saturated rings. The first kappa shape index (κ1) is 18.4. The van der Waals surface area contributed by atoms with Gasteiger partial charge in [0.1, 0.15) is 5.82 Å². The van der Waals surface area contributed by atoms with Crippen molar-refractivity contribution in [1.82, 2.24) is 20.0 Å². The second-order valence-corrected chi connectivity index (χ2v) is 6.79. The number of nitrogens with one attached hydrogen (secondary N) is 1. The lowest BCUT2D eigenvalue weighted by Crippen LogP contribution is -2.25. The predicted molar refractivity (Wildman–Crippen MR) is 95.4 cm³/mol. The summed E-state index contributed by atoms with van der Waals surface area (Å²) >= 11 is 5.77. The molecule has 6 nitrogen and oxygen atoms in total. The summed E-state index contributed by atoms with van der Waals surface area (Å²) in [6, 6.07) is 7.99. The number of anilines is 1. The van der Waals surface area contributed by atoms with E-state index in [4.69, 9.17) is 11.6 Å². The standard InChI is InChI=1S/C18H13ClF3N5O/c1-9-16-12(10-2-4-11(5-3-10)18(20,21)22)8-15(28)23-17(16)27(26-9)14-7-6-13(19)24-25-14/h2-7,12H,8H2,1H3,(H,23,28)/t12-/m0/s1. The minimum Gasteiger partial charge on any atom is -0.310 e. The first-order chi connectivity index (χ1) is 13.2. The SMILES string of the molecule is Cc1nn(-c2ccc(Cl)nn2)c2c1[C@H](c1ccc(C(F)(F)F)cc1)CC(=O)N2. The highest BCUT2D eigenvalue weighted by Crippen LogP contribution is 2.40. The van der Waals surface area contributed by atoms with Crippen LogP contribution in [0.4, 0.5) is 19.0 Å². The minimum atomic E-state index is -4.41. The molecule has 0 spiro atoms. The Morgan fingerprint density at radius 3 is 2.46 bits per heavy atom. The minimum absolute atomic E-state index is 0.108. The van der Waals surface area contributed by atoms with E-state index in [2.05, 4.69) is 20.6 Å². The summed E-state index contributed by atoms with van der Waals surface area (Å²) in [5.41, 5.74) is 1.24. The average Bonchev–Trinajstić information content (AvgIpc) is 2.97. The van der Waals surface area contributed by atoms with Crippen molar-refractivity contribution in [2.24, 2.45) is 0 Å². The van der Waals surface area contributed by atoms with Crippen molar-refractivity contribution in [3.05, 3.63) is 63.9 Å². The maximum absolute atomic E-state index is 12.8. The van der Waals surface area contributed by atoms with E-state index in [1.165, 1.54) is 16.8 Å². The van der Waals surface area contributed by atoms with Crippen LogP contribution in [0, 0.1) is 6.92 Å². The van der Waals surface area contributed by atoms with Crippen molar-refractivity contribution in [2.75, 3.05) is 5.32 Å². The summed E-state index contributed by atoms with van der Waals surface area (Å²) in [7, 11) is 0. The molecule has 0 saturated carbocycles. The first-order valence-corrected chi connectivity index (χ1v) is 8.68. The van der Waals surface area contributed by atoms with E-state index in [1.807, 2.05) is 0 Å². The summed E-state index contributed by atoms with van der Waals surface area (Å²) in [4.78, 5) is 12.3. The maximum atomic E-state index is 12.8. The molecule has 0 bridgehead atoms. The third-order valence-electron chi connectivity index (χ3n) is 4.58. The molecule has 0 saturated heterocycles. The molecule has 4 rings (SSSR count). The number of benzene rings is 1. The van der Waals surface area contributed by atoms with Crippen LogP contribution in [-0.4, -0.2) is 25.9 Å². The van der Waals surface area contributed by atoms with Gasteiger partial charge in [0.15, 0.2) is 11.0 Å². The van der Waals surface area contributed by atoms with Gasteiger partial charge in [-0.3, -0.25) is 4.79 Å².